The Balaban J connectivity index is 3.02. The number of halogens is 2. The second-order valence-corrected chi connectivity index (χ2v) is 2.46. The van der Waals surface area contributed by atoms with Crippen molar-refractivity contribution >= 4 is 5.78 Å². The summed E-state index contributed by atoms with van der Waals surface area (Å²) < 4.78 is 25.0. The summed E-state index contributed by atoms with van der Waals surface area (Å²) in [6.07, 6.45) is -2.96. The van der Waals surface area contributed by atoms with Gasteiger partial charge in [-0.2, -0.15) is 5.10 Å². The number of aryl methyl sites for hydroxylation is 2. The molecule has 0 N–H and O–H groups in total. The van der Waals surface area contributed by atoms with Gasteiger partial charge in [-0.25, -0.2) is 8.78 Å². The first-order chi connectivity index (χ1) is 5.52. The summed E-state index contributed by atoms with van der Waals surface area (Å²) in [4.78, 5) is 10.8. The van der Waals surface area contributed by atoms with Gasteiger partial charge >= 0.3 is 6.43 Å². The first-order valence-corrected chi connectivity index (χ1v) is 3.35. The maximum Gasteiger partial charge on any atom is 0.302 e. The number of alkyl halides is 2. The van der Waals surface area contributed by atoms with E-state index in [1.54, 1.807) is 6.92 Å². The standard InChI is InChI=1S/C7H8F2N2O/c1-4-3-5(11(2)10-4)6(12)7(8)9/h3,7H,1-2H3. The summed E-state index contributed by atoms with van der Waals surface area (Å²) in [7, 11) is 1.46. The molecule has 66 valence electrons. The lowest BCUT2D eigenvalue weighted by Gasteiger charge is -1.97. The van der Waals surface area contributed by atoms with Gasteiger partial charge in [0, 0.05) is 7.05 Å². The van der Waals surface area contributed by atoms with Gasteiger partial charge in [0.05, 0.1) is 5.69 Å². The molecule has 1 rings (SSSR count). The maximum absolute atomic E-state index is 11.9. The summed E-state index contributed by atoms with van der Waals surface area (Å²) in [5.41, 5.74) is 0.504. The highest BCUT2D eigenvalue weighted by Gasteiger charge is 2.21. The van der Waals surface area contributed by atoms with Crippen LogP contribution in [-0.4, -0.2) is 22.0 Å². The van der Waals surface area contributed by atoms with E-state index in [-0.39, 0.29) is 5.69 Å². The highest BCUT2D eigenvalue weighted by Crippen LogP contribution is 2.08. The quantitative estimate of drug-likeness (QED) is 0.631. The normalized spacial score (nSPS) is 10.8. The Labute approximate surface area is 68.0 Å². The third kappa shape index (κ3) is 1.49. The number of hydrogen-bond donors (Lipinski definition) is 0. The monoisotopic (exact) mass is 174 g/mol. The van der Waals surface area contributed by atoms with E-state index in [1.165, 1.54) is 13.1 Å². The Morgan fingerprint density at radius 2 is 2.25 bits per heavy atom. The number of nitrogens with zero attached hydrogens (tertiary/aromatic N) is 2. The van der Waals surface area contributed by atoms with Crippen molar-refractivity contribution in [2.24, 2.45) is 7.05 Å². The zero-order valence-electron chi connectivity index (χ0n) is 6.71. The molecule has 0 aliphatic rings. The van der Waals surface area contributed by atoms with Crippen molar-refractivity contribution in [3.8, 4) is 0 Å². The van der Waals surface area contributed by atoms with Gasteiger partial charge in [0.2, 0.25) is 5.78 Å². The summed E-state index contributed by atoms with van der Waals surface area (Å²) in [6, 6.07) is 1.34. The minimum atomic E-state index is -2.96. The molecule has 0 aromatic carbocycles. The van der Waals surface area contributed by atoms with Crippen LogP contribution >= 0.6 is 0 Å². The van der Waals surface area contributed by atoms with Crippen molar-refractivity contribution in [3.05, 3.63) is 17.5 Å². The van der Waals surface area contributed by atoms with Crippen molar-refractivity contribution < 1.29 is 13.6 Å². The Morgan fingerprint density at radius 3 is 2.58 bits per heavy atom. The van der Waals surface area contributed by atoms with Gasteiger partial charge in [0.15, 0.2) is 0 Å². The van der Waals surface area contributed by atoms with E-state index in [0.29, 0.717) is 5.69 Å². The highest BCUT2D eigenvalue weighted by molar-refractivity contribution is 5.96. The van der Waals surface area contributed by atoms with Crippen molar-refractivity contribution in [2.75, 3.05) is 0 Å². The molecule has 0 saturated heterocycles. The van der Waals surface area contributed by atoms with E-state index in [1.807, 2.05) is 0 Å². The SMILES string of the molecule is Cc1cc(C(=O)C(F)F)n(C)n1. The molecule has 5 heteroatoms. The zero-order chi connectivity index (χ0) is 9.30. The molecule has 0 radical (unpaired) electrons. The van der Waals surface area contributed by atoms with Gasteiger partial charge in [-0.1, -0.05) is 0 Å². The fourth-order valence-corrected chi connectivity index (χ4v) is 0.953. The molecule has 0 aliphatic heterocycles. The number of carbonyl (C=O) groups is 1. The van der Waals surface area contributed by atoms with Gasteiger partial charge in [0.1, 0.15) is 5.69 Å². The maximum atomic E-state index is 11.9. The molecular weight excluding hydrogens is 166 g/mol. The molecule has 1 aromatic heterocycles. The first-order valence-electron chi connectivity index (χ1n) is 3.35. The number of carbonyl (C=O) groups excluding carboxylic acids is 1. The van der Waals surface area contributed by atoms with Crippen molar-refractivity contribution in [1.82, 2.24) is 9.78 Å². The van der Waals surface area contributed by atoms with E-state index in [9.17, 15) is 13.6 Å². The minimum absolute atomic E-state index is 0.0532. The van der Waals surface area contributed by atoms with Crippen molar-refractivity contribution in [3.63, 3.8) is 0 Å². The Hall–Kier alpha value is -1.26. The Kier molecular flexibility index (Phi) is 2.21. The Bertz CT molecular complexity index is 306. The Morgan fingerprint density at radius 1 is 1.67 bits per heavy atom. The molecule has 0 fully saturated rings. The molecule has 12 heavy (non-hydrogen) atoms. The third-order valence-electron chi connectivity index (χ3n) is 1.45. The lowest BCUT2D eigenvalue weighted by Crippen LogP contribution is -2.14. The summed E-state index contributed by atoms with van der Waals surface area (Å²) >= 11 is 0. The largest absolute Gasteiger partial charge is 0.302 e. The highest BCUT2D eigenvalue weighted by atomic mass is 19.3. The summed E-state index contributed by atoms with van der Waals surface area (Å²) in [6.45, 7) is 1.64. The molecule has 0 spiro atoms. The van der Waals surface area contributed by atoms with Crippen LogP contribution in [0, 0.1) is 6.92 Å². The molecule has 0 atom stereocenters. The second kappa shape index (κ2) is 3.00. The summed E-state index contributed by atoms with van der Waals surface area (Å²) in [5, 5.41) is 3.78. The zero-order valence-corrected chi connectivity index (χ0v) is 6.71. The number of ketones is 1. The van der Waals surface area contributed by atoms with Crippen LogP contribution in [0.25, 0.3) is 0 Å². The minimum Gasteiger partial charge on any atom is -0.286 e. The lowest BCUT2D eigenvalue weighted by atomic mass is 10.3. The van der Waals surface area contributed by atoms with E-state index in [0.717, 1.165) is 4.68 Å². The molecule has 1 heterocycles. The van der Waals surface area contributed by atoms with Gasteiger partial charge in [-0.15, -0.1) is 0 Å². The molecule has 1 aromatic rings. The molecular formula is C7H8F2N2O. The van der Waals surface area contributed by atoms with Gasteiger partial charge in [0.25, 0.3) is 0 Å². The van der Waals surface area contributed by atoms with Crippen LogP contribution in [0.5, 0.6) is 0 Å². The number of rotatable bonds is 2. The van der Waals surface area contributed by atoms with Crippen molar-refractivity contribution in [1.29, 1.82) is 0 Å². The fourth-order valence-electron chi connectivity index (χ4n) is 0.953. The van der Waals surface area contributed by atoms with E-state index in [2.05, 4.69) is 5.10 Å². The molecule has 0 aliphatic carbocycles. The first kappa shape index (κ1) is 8.83. The summed E-state index contributed by atoms with van der Waals surface area (Å²) in [5.74, 6) is -1.18. The van der Waals surface area contributed by atoms with Gasteiger partial charge in [-0.3, -0.25) is 9.48 Å². The smallest absolute Gasteiger partial charge is 0.286 e. The van der Waals surface area contributed by atoms with Crippen LogP contribution in [0.15, 0.2) is 6.07 Å². The molecule has 0 amide bonds. The van der Waals surface area contributed by atoms with E-state index in [4.69, 9.17) is 0 Å². The van der Waals surface area contributed by atoms with Gasteiger partial charge < -0.3 is 0 Å². The molecule has 0 saturated carbocycles. The molecule has 0 unspecified atom stereocenters. The van der Waals surface area contributed by atoms with Crippen LogP contribution in [0.2, 0.25) is 0 Å². The topological polar surface area (TPSA) is 34.9 Å². The van der Waals surface area contributed by atoms with Gasteiger partial charge in [-0.05, 0) is 13.0 Å². The number of Topliss-reactive ketones (excluding diaryl/α,β-unsaturated/α-hetero) is 1. The average molecular weight is 174 g/mol. The predicted octanol–water partition coefficient (Wildman–Crippen LogP) is 1.18. The average Bonchev–Trinajstić information content (AvgIpc) is 2.28. The van der Waals surface area contributed by atoms with Crippen LogP contribution in [0.3, 0.4) is 0 Å². The molecule has 3 nitrogen and oxygen atoms in total. The predicted molar refractivity (Wildman–Crippen MR) is 38.3 cm³/mol. The molecule has 0 bridgehead atoms. The third-order valence-corrected chi connectivity index (χ3v) is 1.45. The van der Waals surface area contributed by atoms with Crippen LogP contribution in [0.4, 0.5) is 8.78 Å². The van der Waals surface area contributed by atoms with Crippen LogP contribution in [0.1, 0.15) is 16.2 Å². The van der Waals surface area contributed by atoms with Crippen LogP contribution in [-0.2, 0) is 7.05 Å². The van der Waals surface area contributed by atoms with E-state index < -0.39 is 12.2 Å². The second-order valence-electron chi connectivity index (χ2n) is 2.46. The van der Waals surface area contributed by atoms with Crippen molar-refractivity contribution in [2.45, 2.75) is 13.3 Å². The number of hydrogen-bond acceptors (Lipinski definition) is 2. The van der Waals surface area contributed by atoms with Crippen LogP contribution < -0.4 is 0 Å². The fraction of sp³-hybridized carbons (Fsp3) is 0.429. The van der Waals surface area contributed by atoms with E-state index >= 15 is 0 Å². The lowest BCUT2D eigenvalue weighted by molar-refractivity contribution is 0.0668. The number of aromatic nitrogens is 2.